The van der Waals surface area contributed by atoms with Gasteiger partial charge in [0.15, 0.2) is 0 Å². The zero-order chi connectivity index (χ0) is 12.3. The van der Waals surface area contributed by atoms with Crippen molar-refractivity contribution >= 4 is 17.6 Å². The number of H-pyrrole nitrogens is 1. The Kier molecular flexibility index (Phi) is 4.00. The van der Waals surface area contributed by atoms with Crippen molar-refractivity contribution in [3.8, 4) is 0 Å². The van der Waals surface area contributed by atoms with Gasteiger partial charge in [-0.1, -0.05) is 11.6 Å². The molecule has 1 rings (SSSR count). The van der Waals surface area contributed by atoms with Crippen LogP contribution in [-0.4, -0.2) is 17.6 Å². The third-order valence-corrected chi connectivity index (χ3v) is 2.02. The predicted octanol–water partition coefficient (Wildman–Crippen LogP) is 2.14. The predicted molar refractivity (Wildman–Crippen MR) is 53.0 cm³/mol. The van der Waals surface area contributed by atoms with E-state index in [1.807, 2.05) is 4.98 Å². The molecule has 0 radical (unpaired) electrons. The number of ether oxygens (including phenoxy) is 1. The van der Waals surface area contributed by atoms with Crippen LogP contribution in [0.25, 0.3) is 0 Å². The van der Waals surface area contributed by atoms with Crippen LogP contribution in [0.1, 0.15) is 29.4 Å². The first-order chi connectivity index (χ1) is 7.47. The highest BCUT2D eigenvalue weighted by atomic mass is 35.5. The summed E-state index contributed by atoms with van der Waals surface area (Å²) < 4.78 is 29.7. The Balaban J connectivity index is 3.35. The molecule has 1 heterocycles. The van der Waals surface area contributed by atoms with Crippen molar-refractivity contribution in [1.82, 2.24) is 4.98 Å². The lowest BCUT2D eigenvalue weighted by atomic mass is 10.2. The Labute approximate surface area is 94.2 Å². The van der Waals surface area contributed by atoms with E-state index in [0.29, 0.717) is 0 Å². The second kappa shape index (κ2) is 5.07. The minimum atomic E-state index is -3.01. The summed E-state index contributed by atoms with van der Waals surface area (Å²) in [5, 5.41) is -0.350. The number of esters is 1. The van der Waals surface area contributed by atoms with Gasteiger partial charge in [0.25, 0.3) is 6.43 Å². The summed E-state index contributed by atoms with van der Waals surface area (Å²) in [5.41, 5.74) is -2.12. The highest BCUT2D eigenvalue weighted by Gasteiger charge is 2.23. The molecule has 16 heavy (non-hydrogen) atoms. The fourth-order valence-corrected chi connectivity index (χ4v) is 1.40. The van der Waals surface area contributed by atoms with Gasteiger partial charge in [0.1, 0.15) is 11.3 Å². The van der Waals surface area contributed by atoms with Crippen LogP contribution in [0.3, 0.4) is 0 Å². The monoisotopic (exact) mass is 251 g/mol. The molecule has 0 bridgehead atoms. The maximum atomic E-state index is 12.6. The molecule has 4 nitrogen and oxygen atoms in total. The molecule has 0 aliphatic carbocycles. The van der Waals surface area contributed by atoms with Crippen LogP contribution >= 0.6 is 11.6 Å². The Bertz CT molecular complexity index is 459. The minimum absolute atomic E-state index is 0.0248. The first kappa shape index (κ1) is 12.6. The lowest BCUT2D eigenvalue weighted by Crippen LogP contribution is -2.17. The number of hydrogen-bond donors (Lipinski definition) is 1. The molecule has 0 saturated heterocycles. The van der Waals surface area contributed by atoms with Crippen LogP contribution in [0.2, 0.25) is 5.02 Å². The van der Waals surface area contributed by atoms with Gasteiger partial charge in [0, 0.05) is 6.07 Å². The lowest BCUT2D eigenvalue weighted by Gasteiger charge is -2.08. The van der Waals surface area contributed by atoms with Crippen molar-refractivity contribution in [2.24, 2.45) is 0 Å². The number of alkyl halides is 2. The Hall–Kier alpha value is -1.43. The Morgan fingerprint density at radius 2 is 2.25 bits per heavy atom. The summed E-state index contributed by atoms with van der Waals surface area (Å²) in [5.74, 6) is -0.987. The molecule has 0 aliphatic rings. The van der Waals surface area contributed by atoms with Crippen molar-refractivity contribution in [2.75, 3.05) is 6.61 Å². The second-order valence-electron chi connectivity index (χ2n) is 2.79. The summed E-state index contributed by atoms with van der Waals surface area (Å²) in [6.45, 7) is 1.55. The fraction of sp³-hybridized carbons (Fsp3) is 0.333. The number of aromatic nitrogens is 1. The molecule has 1 aromatic rings. The molecule has 0 aromatic carbocycles. The van der Waals surface area contributed by atoms with E-state index in [0.717, 1.165) is 6.07 Å². The summed E-state index contributed by atoms with van der Waals surface area (Å²) >= 11 is 5.56. The van der Waals surface area contributed by atoms with E-state index < -0.39 is 29.2 Å². The zero-order valence-corrected chi connectivity index (χ0v) is 8.98. The van der Waals surface area contributed by atoms with Crippen LogP contribution in [-0.2, 0) is 4.74 Å². The average molecular weight is 252 g/mol. The molecule has 7 heteroatoms. The van der Waals surface area contributed by atoms with Crippen LogP contribution in [0, 0.1) is 0 Å². The normalized spacial score (nSPS) is 10.6. The smallest absolute Gasteiger partial charge is 0.341 e. The van der Waals surface area contributed by atoms with E-state index in [-0.39, 0.29) is 11.6 Å². The molecule has 88 valence electrons. The molecule has 1 aromatic heterocycles. The first-order valence-corrected chi connectivity index (χ1v) is 4.73. The van der Waals surface area contributed by atoms with Crippen LogP contribution in [0.4, 0.5) is 8.78 Å². The number of nitrogens with one attached hydrogen (secondary N) is 1. The number of rotatable bonds is 3. The van der Waals surface area contributed by atoms with Gasteiger partial charge in [0.2, 0.25) is 5.56 Å². The zero-order valence-electron chi connectivity index (χ0n) is 8.22. The lowest BCUT2D eigenvalue weighted by molar-refractivity contribution is 0.0513. The van der Waals surface area contributed by atoms with E-state index >= 15 is 0 Å². The van der Waals surface area contributed by atoms with E-state index in [4.69, 9.17) is 11.6 Å². The standard InChI is InChI=1S/C9H8ClF2NO3/c1-2-16-9(15)6-4(10)3-5(14)13-7(6)8(11)12/h3,8H,2H2,1H3,(H,13,14). The van der Waals surface area contributed by atoms with Crippen molar-refractivity contribution in [1.29, 1.82) is 0 Å². The number of hydrogen-bond acceptors (Lipinski definition) is 3. The number of carbonyl (C=O) groups excluding carboxylic acids is 1. The van der Waals surface area contributed by atoms with Crippen molar-refractivity contribution in [3.63, 3.8) is 0 Å². The van der Waals surface area contributed by atoms with Crippen molar-refractivity contribution < 1.29 is 18.3 Å². The summed E-state index contributed by atoms with van der Waals surface area (Å²) in [6.07, 6.45) is -3.01. The van der Waals surface area contributed by atoms with Gasteiger partial charge < -0.3 is 9.72 Å². The average Bonchev–Trinajstić information content (AvgIpc) is 2.16. The van der Waals surface area contributed by atoms with E-state index in [2.05, 4.69) is 4.74 Å². The molecule has 0 unspecified atom stereocenters. The molecule has 0 aliphatic heterocycles. The molecule has 0 saturated carbocycles. The molecule has 1 N–H and O–H groups in total. The highest BCUT2D eigenvalue weighted by molar-refractivity contribution is 6.33. The summed E-state index contributed by atoms with van der Waals surface area (Å²) in [4.78, 5) is 24.1. The van der Waals surface area contributed by atoms with Gasteiger partial charge in [-0.05, 0) is 6.92 Å². The molecule has 0 atom stereocenters. The van der Waals surface area contributed by atoms with Gasteiger partial charge in [-0.15, -0.1) is 0 Å². The van der Waals surface area contributed by atoms with Crippen molar-refractivity contribution in [3.05, 3.63) is 32.7 Å². The number of aromatic amines is 1. The fourth-order valence-electron chi connectivity index (χ4n) is 1.12. The van der Waals surface area contributed by atoms with Gasteiger partial charge >= 0.3 is 5.97 Å². The SMILES string of the molecule is CCOC(=O)c1c(Cl)cc(=O)[nH]c1C(F)F. The van der Waals surface area contributed by atoms with Gasteiger partial charge in [-0.2, -0.15) is 0 Å². The summed E-state index contributed by atoms with van der Waals surface area (Å²) in [6, 6.07) is 0.847. The van der Waals surface area contributed by atoms with Crippen LogP contribution < -0.4 is 5.56 Å². The van der Waals surface area contributed by atoms with Gasteiger partial charge in [-0.3, -0.25) is 4.79 Å². The summed E-state index contributed by atoms with van der Waals surface area (Å²) in [7, 11) is 0. The van der Waals surface area contributed by atoms with E-state index in [9.17, 15) is 18.4 Å². The van der Waals surface area contributed by atoms with Gasteiger partial charge in [-0.25, -0.2) is 13.6 Å². The maximum absolute atomic E-state index is 12.6. The second-order valence-corrected chi connectivity index (χ2v) is 3.20. The third-order valence-electron chi connectivity index (χ3n) is 1.72. The maximum Gasteiger partial charge on any atom is 0.341 e. The molecule has 0 amide bonds. The Morgan fingerprint density at radius 1 is 1.62 bits per heavy atom. The number of pyridine rings is 1. The van der Waals surface area contributed by atoms with Gasteiger partial charge in [0.05, 0.1) is 11.6 Å². The highest BCUT2D eigenvalue weighted by Crippen LogP contribution is 2.25. The van der Waals surface area contributed by atoms with Crippen molar-refractivity contribution in [2.45, 2.75) is 13.3 Å². The molecule has 0 spiro atoms. The molecule has 0 fully saturated rings. The topological polar surface area (TPSA) is 59.2 Å². The first-order valence-electron chi connectivity index (χ1n) is 4.35. The third kappa shape index (κ3) is 2.57. The molecular weight excluding hydrogens is 244 g/mol. The van der Waals surface area contributed by atoms with Crippen LogP contribution in [0.5, 0.6) is 0 Å². The van der Waals surface area contributed by atoms with E-state index in [1.165, 1.54) is 6.92 Å². The van der Waals surface area contributed by atoms with Crippen LogP contribution in [0.15, 0.2) is 10.9 Å². The Morgan fingerprint density at radius 3 is 2.75 bits per heavy atom. The molecular formula is C9H8ClF2NO3. The number of halogens is 3. The quantitative estimate of drug-likeness (QED) is 0.838. The largest absolute Gasteiger partial charge is 0.462 e. The number of carbonyl (C=O) groups is 1. The van der Waals surface area contributed by atoms with E-state index in [1.54, 1.807) is 0 Å². The minimum Gasteiger partial charge on any atom is -0.462 e.